The summed E-state index contributed by atoms with van der Waals surface area (Å²) in [6.07, 6.45) is 9.81. The van der Waals surface area contributed by atoms with Crippen molar-refractivity contribution in [1.29, 1.82) is 0 Å². The van der Waals surface area contributed by atoms with Crippen LogP contribution in [0.3, 0.4) is 0 Å². The second-order valence-electron chi connectivity index (χ2n) is 7.23. The Bertz CT molecular complexity index is 518. The molecular formula is C18H29N3O2. The molecule has 1 heterocycles. The summed E-state index contributed by atoms with van der Waals surface area (Å²) >= 11 is 0. The third-order valence-corrected chi connectivity index (χ3v) is 5.29. The smallest absolute Gasteiger partial charge is 0.191 e. The molecule has 2 aliphatic carbocycles. The van der Waals surface area contributed by atoms with Crippen LogP contribution < -0.4 is 10.6 Å². The van der Waals surface area contributed by atoms with E-state index in [1.54, 1.807) is 32.4 Å². The van der Waals surface area contributed by atoms with Gasteiger partial charge in [-0.15, -0.1) is 0 Å². The normalized spacial score (nSPS) is 28.2. The van der Waals surface area contributed by atoms with E-state index in [0.717, 1.165) is 17.8 Å². The minimum Gasteiger partial charge on any atom is -0.466 e. The maximum atomic E-state index is 10.5. The summed E-state index contributed by atoms with van der Waals surface area (Å²) in [6, 6.07) is 4.12. The maximum absolute atomic E-state index is 10.5. The molecule has 0 radical (unpaired) electrons. The van der Waals surface area contributed by atoms with E-state index in [1.165, 1.54) is 38.5 Å². The first kappa shape index (κ1) is 16.4. The Morgan fingerprint density at radius 1 is 1.39 bits per heavy atom. The van der Waals surface area contributed by atoms with E-state index in [-0.39, 0.29) is 0 Å². The zero-order chi connectivity index (χ0) is 16.3. The van der Waals surface area contributed by atoms with Crippen LogP contribution in [0.1, 0.15) is 51.2 Å². The van der Waals surface area contributed by atoms with Crippen LogP contribution in [0.2, 0.25) is 0 Å². The molecule has 3 N–H and O–H groups in total. The standard InChI is InChI=1S/C18H29N3O2/c1-18(22,16-9-6-10-23-16)12-20-17(19-2)21-15-11-14(15)13-7-4-3-5-8-13/h6,9-10,13-15,22H,3-5,7-8,11-12H2,1-2H3,(H2,19,20,21). The molecule has 0 bridgehead atoms. The van der Waals surface area contributed by atoms with Gasteiger partial charge < -0.3 is 20.2 Å². The molecule has 2 aliphatic rings. The molecule has 3 rings (SSSR count). The SMILES string of the molecule is CN=C(NCC(C)(O)c1ccco1)NC1CC1C1CCCCC1. The van der Waals surface area contributed by atoms with Crippen molar-refractivity contribution >= 4 is 5.96 Å². The van der Waals surface area contributed by atoms with Gasteiger partial charge in [0.15, 0.2) is 5.96 Å². The molecule has 23 heavy (non-hydrogen) atoms. The van der Waals surface area contributed by atoms with Crippen molar-refractivity contribution in [3.63, 3.8) is 0 Å². The van der Waals surface area contributed by atoms with Crippen LogP contribution in [0.5, 0.6) is 0 Å². The highest BCUT2D eigenvalue weighted by Gasteiger charge is 2.43. The molecule has 3 atom stereocenters. The molecule has 5 heteroatoms. The highest BCUT2D eigenvalue weighted by atomic mass is 16.4. The summed E-state index contributed by atoms with van der Waals surface area (Å²) in [5.74, 6) is 3.03. The minimum absolute atomic E-state index is 0.362. The largest absolute Gasteiger partial charge is 0.466 e. The van der Waals surface area contributed by atoms with Crippen molar-refractivity contribution in [1.82, 2.24) is 10.6 Å². The third-order valence-electron chi connectivity index (χ3n) is 5.29. The molecule has 0 saturated heterocycles. The maximum Gasteiger partial charge on any atom is 0.191 e. The Hall–Kier alpha value is -1.49. The zero-order valence-corrected chi connectivity index (χ0v) is 14.2. The molecule has 0 aromatic carbocycles. The van der Waals surface area contributed by atoms with Crippen molar-refractivity contribution in [2.24, 2.45) is 16.8 Å². The number of rotatable bonds is 5. The number of guanidine groups is 1. The summed E-state index contributed by atoms with van der Waals surface area (Å²) in [7, 11) is 1.77. The highest BCUT2D eigenvalue weighted by molar-refractivity contribution is 5.80. The fraction of sp³-hybridized carbons (Fsp3) is 0.722. The van der Waals surface area contributed by atoms with E-state index in [4.69, 9.17) is 4.42 Å². The first-order valence-corrected chi connectivity index (χ1v) is 8.84. The Labute approximate surface area is 138 Å². The van der Waals surface area contributed by atoms with Crippen LogP contribution in [-0.4, -0.2) is 30.7 Å². The van der Waals surface area contributed by atoms with E-state index >= 15 is 0 Å². The Morgan fingerprint density at radius 3 is 2.83 bits per heavy atom. The van der Waals surface area contributed by atoms with E-state index in [1.807, 2.05) is 0 Å². The molecule has 2 saturated carbocycles. The predicted molar refractivity (Wildman–Crippen MR) is 91.2 cm³/mol. The summed E-state index contributed by atoms with van der Waals surface area (Å²) in [4.78, 5) is 4.28. The van der Waals surface area contributed by atoms with Gasteiger partial charge in [0.05, 0.1) is 12.8 Å². The zero-order valence-electron chi connectivity index (χ0n) is 14.2. The molecule has 5 nitrogen and oxygen atoms in total. The molecule has 2 fully saturated rings. The first-order chi connectivity index (χ1) is 11.1. The number of aliphatic hydroxyl groups is 1. The van der Waals surface area contributed by atoms with Gasteiger partial charge in [-0.25, -0.2) is 0 Å². The van der Waals surface area contributed by atoms with Crippen molar-refractivity contribution < 1.29 is 9.52 Å². The number of hydrogen-bond donors (Lipinski definition) is 3. The van der Waals surface area contributed by atoms with Crippen molar-refractivity contribution in [2.45, 2.75) is 57.1 Å². The molecule has 0 aliphatic heterocycles. The molecule has 1 aromatic rings. The van der Waals surface area contributed by atoms with Crippen molar-refractivity contribution in [3.8, 4) is 0 Å². The molecular weight excluding hydrogens is 290 g/mol. The first-order valence-electron chi connectivity index (χ1n) is 8.84. The molecule has 0 spiro atoms. The van der Waals surface area contributed by atoms with Crippen molar-refractivity contribution in [3.05, 3.63) is 24.2 Å². The Morgan fingerprint density at radius 2 is 2.17 bits per heavy atom. The molecule has 3 unspecified atom stereocenters. The number of furan rings is 1. The monoisotopic (exact) mass is 319 g/mol. The van der Waals surface area contributed by atoms with Crippen LogP contribution in [0.25, 0.3) is 0 Å². The lowest BCUT2D eigenvalue weighted by atomic mass is 9.85. The number of nitrogens with zero attached hydrogens (tertiary/aromatic N) is 1. The van der Waals surface area contributed by atoms with Crippen LogP contribution >= 0.6 is 0 Å². The third kappa shape index (κ3) is 4.08. The Balaban J connectivity index is 1.46. The van der Waals surface area contributed by atoms with Gasteiger partial charge in [0.2, 0.25) is 0 Å². The molecule has 128 valence electrons. The van der Waals surface area contributed by atoms with Crippen LogP contribution in [0.4, 0.5) is 0 Å². The summed E-state index contributed by atoms with van der Waals surface area (Å²) in [6.45, 7) is 2.11. The fourth-order valence-corrected chi connectivity index (χ4v) is 3.76. The van der Waals surface area contributed by atoms with Crippen LogP contribution in [0.15, 0.2) is 27.8 Å². The lowest BCUT2D eigenvalue weighted by Crippen LogP contribution is -2.45. The second-order valence-corrected chi connectivity index (χ2v) is 7.23. The average Bonchev–Trinajstić information content (AvgIpc) is 3.09. The van der Waals surface area contributed by atoms with Crippen LogP contribution in [0, 0.1) is 11.8 Å². The highest BCUT2D eigenvalue weighted by Crippen LogP contribution is 2.44. The molecule has 0 amide bonds. The van der Waals surface area contributed by atoms with Gasteiger partial charge in [0.1, 0.15) is 11.4 Å². The van der Waals surface area contributed by atoms with Gasteiger partial charge in [-0.05, 0) is 37.3 Å². The molecule has 1 aromatic heterocycles. The van der Waals surface area contributed by atoms with Gasteiger partial charge in [-0.3, -0.25) is 4.99 Å². The quantitative estimate of drug-likeness (QED) is 0.576. The van der Waals surface area contributed by atoms with E-state index in [2.05, 4.69) is 15.6 Å². The van der Waals surface area contributed by atoms with E-state index in [0.29, 0.717) is 18.3 Å². The number of hydrogen-bond acceptors (Lipinski definition) is 3. The minimum atomic E-state index is -1.05. The van der Waals surface area contributed by atoms with Gasteiger partial charge in [0, 0.05) is 13.1 Å². The number of nitrogens with one attached hydrogen (secondary N) is 2. The van der Waals surface area contributed by atoms with E-state index in [9.17, 15) is 5.11 Å². The van der Waals surface area contributed by atoms with Crippen molar-refractivity contribution in [2.75, 3.05) is 13.6 Å². The summed E-state index contributed by atoms with van der Waals surface area (Å²) in [5.41, 5.74) is -1.05. The fourth-order valence-electron chi connectivity index (χ4n) is 3.76. The Kier molecular flexibility index (Phi) is 4.95. The summed E-state index contributed by atoms with van der Waals surface area (Å²) < 4.78 is 5.30. The topological polar surface area (TPSA) is 69.8 Å². The summed E-state index contributed by atoms with van der Waals surface area (Å²) in [5, 5.41) is 17.2. The van der Waals surface area contributed by atoms with Gasteiger partial charge in [-0.1, -0.05) is 32.1 Å². The van der Waals surface area contributed by atoms with E-state index < -0.39 is 5.60 Å². The van der Waals surface area contributed by atoms with Gasteiger partial charge in [0.25, 0.3) is 0 Å². The van der Waals surface area contributed by atoms with Crippen LogP contribution in [-0.2, 0) is 5.60 Å². The lowest BCUT2D eigenvalue weighted by molar-refractivity contribution is 0.0385. The second kappa shape index (κ2) is 6.95. The van der Waals surface area contributed by atoms with Gasteiger partial charge >= 0.3 is 0 Å². The lowest BCUT2D eigenvalue weighted by Gasteiger charge is -2.24. The predicted octanol–water partition coefficient (Wildman–Crippen LogP) is 2.62. The van der Waals surface area contributed by atoms with Gasteiger partial charge in [-0.2, -0.15) is 0 Å². The number of aliphatic imine (C=N–C) groups is 1. The average molecular weight is 319 g/mol.